The standard InChI is InChI=1S/C15H18N2O/c1-12(14-8-5-9-16-10-14)17-11-15(18)13-6-3-2-4-7-13/h2-10,12,15,17-18H,11H2,1H3/t12-,15?/m0/s1. The predicted molar refractivity (Wildman–Crippen MR) is 72.1 cm³/mol. The largest absolute Gasteiger partial charge is 0.387 e. The molecule has 3 heteroatoms. The van der Waals surface area contributed by atoms with Crippen molar-refractivity contribution < 1.29 is 5.11 Å². The second kappa shape index (κ2) is 6.28. The maximum absolute atomic E-state index is 10.0. The van der Waals surface area contributed by atoms with E-state index < -0.39 is 6.10 Å². The zero-order chi connectivity index (χ0) is 12.8. The van der Waals surface area contributed by atoms with Gasteiger partial charge in [-0.05, 0) is 24.1 Å². The summed E-state index contributed by atoms with van der Waals surface area (Å²) in [4.78, 5) is 4.09. The highest BCUT2D eigenvalue weighted by molar-refractivity contribution is 5.18. The van der Waals surface area contributed by atoms with Crippen molar-refractivity contribution in [2.75, 3.05) is 6.54 Å². The monoisotopic (exact) mass is 242 g/mol. The molecule has 2 atom stereocenters. The van der Waals surface area contributed by atoms with E-state index in [0.717, 1.165) is 11.1 Å². The first-order valence-electron chi connectivity index (χ1n) is 6.13. The van der Waals surface area contributed by atoms with Crippen molar-refractivity contribution in [1.29, 1.82) is 0 Å². The van der Waals surface area contributed by atoms with Crippen molar-refractivity contribution in [3.8, 4) is 0 Å². The van der Waals surface area contributed by atoms with Crippen LogP contribution < -0.4 is 5.32 Å². The Balaban J connectivity index is 1.89. The fourth-order valence-electron chi connectivity index (χ4n) is 1.83. The van der Waals surface area contributed by atoms with Gasteiger partial charge in [0.1, 0.15) is 0 Å². The fourth-order valence-corrected chi connectivity index (χ4v) is 1.83. The van der Waals surface area contributed by atoms with E-state index in [1.807, 2.05) is 48.7 Å². The summed E-state index contributed by atoms with van der Waals surface area (Å²) in [7, 11) is 0. The molecule has 0 bridgehead atoms. The van der Waals surface area contributed by atoms with E-state index in [-0.39, 0.29) is 6.04 Å². The van der Waals surface area contributed by atoms with Crippen LogP contribution in [-0.4, -0.2) is 16.6 Å². The number of hydrogen-bond donors (Lipinski definition) is 2. The Kier molecular flexibility index (Phi) is 4.45. The quantitative estimate of drug-likeness (QED) is 0.846. The van der Waals surface area contributed by atoms with Gasteiger partial charge in [0.25, 0.3) is 0 Å². The number of pyridine rings is 1. The van der Waals surface area contributed by atoms with Crippen LogP contribution in [0.5, 0.6) is 0 Å². The van der Waals surface area contributed by atoms with E-state index in [0.29, 0.717) is 6.54 Å². The summed E-state index contributed by atoms with van der Waals surface area (Å²) in [5, 5.41) is 13.3. The molecule has 1 heterocycles. The highest BCUT2D eigenvalue weighted by Gasteiger charge is 2.09. The Hall–Kier alpha value is -1.71. The molecule has 2 aromatic rings. The molecule has 3 nitrogen and oxygen atoms in total. The Morgan fingerprint density at radius 1 is 1.11 bits per heavy atom. The molecule has 94 valence electrons. The molecule has 1 aromatic carbocycles. The number of nitrogens with zero attached hydrogens (tertiary/aromatic N) is 1. The number of rotatable bonds is 5. The van der Waals surface area contributed by atoms with E-state index >= 15 is 0 Å². The first-order chi connectivity index (χ1) is 8.77. The minimum absolute atomic E-state index is 0.178. The van der Waals surface area contributed by atoms with E-state index in [4.69, 9.17) is 0 Å². The molecule has 0 aliphatic heterocycles. The van der Waals surface area contributed by atoms with Crippen molar-refractivity contribution in [2.45, 2.75) is 19.1 Å². The molecule has 2 N–H and O–H groups in total. The number of aromatic nitrogens is 1. The molecular weight excluding hydrogens is 224 g/mol. The third-order valence-corrected chi connectivity index (χ3v) is 2.99. The smallest absolute Gasteiger partial charge is 0.0914 e. The third-order valence-electron chi connectivity index (χ3n) is 2.99. The molecule has 0 spiro atoms. The van der Waals surface area contributed by atoms with Crippen LogP contribution in [0.25, 0.3) is 0 Å². The van der Waals surface area contributed by atoms with Crippen molar-refractivity contribution in [1.82, 2.24) is 10.3 Å². The number of hydrogen-bond acceptors (Lipinski definition) is 3. The Bertz CT molecular complexity index is 413. The summed E-state index contributed by atoms with van der Waals surface area (Å²) in [6, 6.07) is 13.8. The topological polar surface area (TPSA) is 45.1 Å². The minimum atomic E-state index is -0.481. The molecule has 1 unspecified atom stereocenters. The second-order valence-electron chi connectivity index (χ2n) is 4.34. The van der Waals surface area contributed by atoms with Crippen LogP contribution in [0.15, 0.2) is 54.9 Å². The molecule has 1 aromatic heterocycles. The second-order valence-corrected chi connectivity index (χ2v) is 4.34. The molecule has 0 fully saturated rings. The fraction of sp³-hybridized carbons (Fsp3) is 0.267. The molecule has 0 aliphatic carbocycles. The van der Waals surface area contributed by atoms with Gasteiger partial charge in [-0.3, -0.25) is 4.98 Å². The SMILES string of the molecule is C[C@H](NCC(O)c1ccccc1)c1cccnc1. The normalized spacial score (nSPS) is 14.1. The van der Waals surface area contributed by atoms with Gasteiger partial charge in [-0.15, -0.1) is 0 Å². The number of nitrogens with one attached hydrogen (secondary N) is 1. The summed E-state index contributed by atoms with van der Waals surface area (Å²) in [6.07, 6.45) is 3.12. The zero-order valence-corrected chi connectivity index (χ0v) is 10.5. The summed E-state index contributed by atoms with van der Waals surface area (Å²) in [6.45, 7) is 2.59. The maximum atomic E-state index is 10.0. The van der Waals surface area contributed by atoms with Gasteiger partial charge in [-0.25, -0.2) is 0 Å². The summed E-state index contributed by atoms with van der Waals surface area (Å²) < 4.78 is 0. The lowest BCUT2D eigenvalue weighted by Crippen LogP contribution is -2.24. The summed E-state index contributed by atoms with van der Waals surface area (Å²) >= 11 is 0. The van der Waals surface area contributed by atoms with Gasteiger partial charge in [0.05, 0.1) is 6.10 Å². The van der Waals surface area contributed by atoms with Gasteiger partial charge >= 0.3 is 0 Å². The van der Waals surface area contributed by atoms with E-state index in [9.17, 15) is 5.11 Å². The van der Waals surface area contributed by atoms with E-state index in [1.165, 1.54) is 0 Å². The molecule has 2 rings (SSSR count). The van der Waals surface area contributed by atoms with E-state index in [1.54, 1.807) is 6.20 Å². The Labute approximate surface area is 108 Å². The van der Waals surface area contributed by atoms with Crippen LogP contribution in [0.4, 0.5) is 0 Å². The molecule has 0 saturated carbocycles. The van der Waals surface area contributed by atoms with Gasteiger partial charge in [0.15, 0.2) is 0 Å². The van der Waals surface area contributed by atoms with Gasteiger partial charge < -0.3 is 10.4 Å². The average molecular weight is 242 g/mol. The van der Waals surface area contributed by atoms with Crippen LogP contribution in [0.1, 0.15) is 30.2 Å². The van der Waals surface area contributed by atoms with Crippen molar-refractivity contribution in [3.05, 3.63) is 66.0 Å². The van der Waals surface area contributed by atoms with Gasteiger partial charge in [-0.1, -0.05) is 36.4 Å². The molecular formula is C15H18N2O. The number of benzene rings is 1. The van der Waals surface area contributed by atoms with Crippen LogP contribution in [0.3, 0.4) is 0 Å². The Morgan fingerprint density at radius 3 is 2.50 bits per heavy atom. The van der Waals surface area contributed by atoms with Crippen molar-refractivity contribution in [2.24, 2.45) is 0 Å². The van der Waals surface area contributed by atoms with Gasteiger partial charge in [0.2, 0.25) is 0 Å². The maximum Gasteiger partial charge on any atom is 0.0914 e. The Morgan fingerprint density at radius 2 is 1.83 bits per heavy atom. The van der Waals surface area contributed by atoms with Crippen LogP contribution >= 0.6 is 0 Å². The molecule has 0 aliphatic rings. The van der Waals surface area contributed by atoms with Crippen LogP contribution in [0, 0.1) is 0 Å². The lowest BCUT2D eigenvalue weighted by molar-refractivity contribution is 0.171. The average Bonchev–Trinajstić information content (AvgIpc) is 2.46. The predicted octanol–water partition coefficient (Wildman–Crippen LogP) is 2.47. The highest BCUT2D eigenvalue weighted by Crippen LogP contribution is 2.14. The lowest BCUT2D eigenvalue weighted by Gasteiger charge is -2.17. The van der Waals surface area contributed by atoms with Gasteiger partial charge in [-0.2, -0.15) is 0 Å². The van der Waals surface area contributed by atoms with E-state index in [2.05, 4.69) is 17.2 Å². The van der Waals surface area contributed by atoms with Crippen LogP contribution in [0.2, 0.25) is 0 Å². The minimum Gasteiger partial charge on any atom is -0.387 e. The lowest BCUT2D eigenvalue weighted by atomic mass is 10.1. The number of aliphatic hydroxyl groups is 1. The summed E-state index contributed by atoms with van der Waals surface area (Å²) in [5.74, 6) is 0. The first-order valence-corrected chi connectivity index (χ1v) is 6.13. The van der Waals surface area contributed by atoms with Crippen LogP contribution in [-0.2, 0) is 0 Å². The van der Waals surface area contributed by atoms with Crippen molar-refractivity contribution in [3.63, 3.8) is 0 Å². The molecule has 0 saturated heterocycles. The van der Waals surface area contributed by atoms with Crippen molar-refractivity contribution >= 4 is 0 Å². The summed E-state index contributed by atoms with van der Waals surface area (Å²) in [5.41, 5.74) is 2.06. The number of aliphatic hydroxyl groups excluding tert-OH is 1. The van der Waals surface area contributed by atoms with Gasteiger partial charge in [0, 0.05) is 25.0 Å². The highest BCUT2D eigenvalue weighted by atomic mass is 16.3. The molecule has 18 heavy (non-hydrogen) atoms. The molecule has 0 amide bonds. The first kappa shape index (κ1) is 12.7. The zero-order valence-electron chi connectivity index (χ0n) is 10.5. The third kappa shape index (κ3) is 3.39. The molecule has 0 radical (unpaired) electrons.